The Labute approximate surface area is 97.9 Å². The van der Waals surface area contributed by atoms with E-state index in [-0.39, 0.29) is 5.13 Å². The summed E-state index contributed by atoms with van der Waals surface area (Å²) in [6, 6.07) is 3.29. The van der Waals surface area contributed by atoms with E-state index in [2.05, 4.69) is 17.3 Å². The Hall–Kier alpha value is -1.36. The summed E-state index contributed by atoms with van der Waals surface area (Å²) in [6.45, 7) is 5.58. The molecular formula is C11H14FN3S. The molecule has 16 heavy (non-hydrogen) atoms. The first-order valence-electron chi connectivity index (χ1n) is 5.21. The van der Waals surface area contributed by atoms with Gasteiger partial charge in [-0.2, -0.15) is 9.49 Å². The van der Waals surface area contributed by atoms with Gasteiger partial charge >= 0.3 is 0 Å². The normalized spacial score (nSPS) is 10.7. The molecule has 2 heterocycles. The van der Waals surface area contributed by atoms with E-state index < -0.39 is 0 Å². The summed E-state index contributed by atoms with van der Waals surface area (Å²) in [7, 11) is 0. The first-order valence-corrected chi connectivity index (χ1v) is 6.03. The van der Waals surface area contributed by atoms with Gasteiger partial charge in [-0.3, -0.25) is 4.68 Å². The van der Waals surface area contributed by atoms with Gasteiger partial charge in [0.2, 0.25) is 0 Å². The van der Waals surface area contributed by atoms with Crippen LogP contribution in [0.1, 0.15) is 17.5 Å². The maximum absolute atomic E-state index is 12.8. The molecule has 5 heteroatoms. The van der Waals surface area contributed by atoms with Crippen molar-refractivity contribution in [1.82, 2.24) is 9.78 Å². The van der Waals surface area contributed by atoms with Crippen LogP contribution in [-0.2, 0) is 13.1 Å². The van der Waals surface area contributed by atoms with Gasteiger partial charge in [0.25, 0.3) is 0 Å². The van der Waals surface area contributed by atoms with Crippen LogP contribution in [0.3, 0.4) is 0 Å². The van der Waals surface area contributed by atoms with Gasteiger partial charge in [-0.1, -0.05) is 0 Å². The fourth-order valence-corrected chi connectivity index (χ4v) is 2.23. The number of halogens is 1. The zero-order chi connectivity index (χ0) is 11.5. The molecule has 1 N–H and O–H groups in total. The van der Waals surface area contributed by atoms with Gasteiger partial charge in [-0.05, 0) is 26.0 Å². The Morgan fingerprint density at radius 2 is 2.31 bits per heavy atom. The monoisotopic (exact) mass is 239 g/mol. The zero-order valence-electron chi connectivity index (χ0n) is 9.33. The van der Waals surface area contributed by atoms with Crippen LogP contribution in [0.25, 0.3) is 0 Å². The fourth-order valence-electron chi connectivity index (χ4n) is 1.57. The number of hydrogen-bond acceptors (Lipinski definition) is 3. The van der Waals surface area contributed by atoms with Gasteiger partial charge in [0, 0.05) is 18.0 Å². The molecule has 0 aliphatic heterocycles. The van der Waals surface area contributed by atoms with Crippen molar-refractivity contribution in [3.05, 3.63) is 34.0 Å². The summed E-state index contributed by atoms with van der Waals surface area (Å²) < 4.78 is 14.7. The highest BCUT2D eigenvalue weighted by molar-refractivity contribution is 7.10. The van der Waals surface area contributed by atoms with Crippen LogP contribution < -0.4 is 5.32 Å². The van der Waals surface area contributed by atoms with Crippen molar-refractivity contribution in [2.75, 3.05) is 5.32 Å². The molecule has 86 valence electrons. The van der Waals surface area contributed by atoms with Crippen molar-refractivity contribution in [3.8, 4) is 0 Å². The summed E-state index contributed by atoms with van der Waals surface area (Å²) in [5.41, 5.74) is 2.12. The number of rotatable bonds is 4. The van der Waals surface area contributed by atoms with Crippen LogP contribution in [-0.4, -0.2) is 9.78 Å². The van der Waals surface area contributed by atoms with Crippen LogP contribution >= 0.6 is 11.3 Å². The molecule has 0 radical (unpaired) electrons. The van der Waals surface area contributed by atoms with Crippen molar-refractivity contribution < 1.29 is 4.39 Å². The van der Waals surface area contributed by atoms with E-state index in [0.717, 1.165) is 22.8 Å². The van der Waals surface area contributed by atoms with Crippen LogP contribution in [0, 0.1) is 12.1 Å². The van der Waals surface area contributed by atoms with Crippen molar-refractivity contribution in [3.63, 3.8) is 0 Å². The number of aromatic nitrogens is 2. The molecule has 0 bridgehead atoms. The van der Waals surface area contributed by atoms with Crippen LogP contribution in [0.5, 0.6) is 0 Å². The lowest BCUT2D eigenvalue weighted by molar-refractivity contribution is 0.640. The van der Waals surface area contributed by atoms with E-state index in [4.69, 9.17) is 0 Å². The van der Waals surface area contributed by atoms with Crippen molar-refractivity contribution in [1.29, 1.82) is 0 Å². The number of anilines is 1. The molecule has 0 fully saturated rings. The highest BCUT2D eigenvalue weighted by atomic mass is 32.1. The third kappa shape index (κ3) is 2.24. The molecule has 0 aliphatic rings. The maximum atomic E-state index is 12.8. The third-order valence-corrected chi connectivity index (χ3v) is 3.36. The number of hydrogen-bond donors (Lipinski definition) is 1. The molecule has 2 rings (SSSR count). The molecule has 0 amide bonds. The van der Waals surface area contributed by atoms with Crippen LogP contribution in [0.2, 0.25) is 0 Å². The van der Waals surface area contributed by atoms with E-state index in [1.54, 1.807) is 6.07 Å². The minimum atomic E-state index is -0.141. The average molecular weight is 239 g/mol. The maximum Gasteiger partial charge on any atom is 0.176 e. The molecule has 0 saturated carbocycles. The molecule has 2 aromatic rings. The molecule has 0 spiro atoms. The molecular weight excluding hydrogens is 225 g/mol. The fraction of sp³-hybridized carbons (Fsp3) is 0.364. The first kappa shape index (κ1) is 11.1. The molecule has 0 aliphatic carbocycles. The number of aryl methyl sites for hydroxylation is 1. The molecule has 2 aromatic heterocycles. The predicted octanol–water partition coefficient (Wildman–Crippen LogP) is 3.02. The number of nitrogens with zero attached hydrogens (tertiary/aromatic N) is 2. The second-order valence-corrected chi connectivity index (χ2v) is 4.64. The molecule has 0 atom stereocenters. The van der Waals surface area contributed by atoms with Crippen molar-refractivity contribution in [2.45, 2.75) is 26.9 Å². The number of nitrogens with one attached hydrogen (secondary N) is 1. The van der Waals surface area contributed by atoms with Crippen molar-refractivity contribution in [2.24, 2.45) is 0 Å². The second-order valence-electron chi connectivity index (χ2n) is 3.52. The van der Waals surface area contributed by atoms with Crippen molar-refractivity contribution >= 4 is 17.0 Å². The smallest absolute Gasteiger partial charge is 0.176 e. The Bertz CT molecular complexity index is 475. The van der Waals surface area contributed by atoms with E-state index in [0.29, 0.717) is 6.54 Å². The topological polar surface area (TPSA) is 29.9 Å². The SMILES string of the molecule is CCn1ncc(NCc2ccc(F)s2)c1C. The molecule has 3 nitrogen and oxygen atoms in total. The zero-order valence-corrected chi connectivity index (χ0v) is 10.1. The lowest BCUT2D eigenvalue weighted by Crippen LogP contribution is -2.01. The highest BCUT2D eigenvalue weighted by Gasteiger charge is 2.05. The van der Waals surface area contributed by atoms with Crippen LogP contribution in [0.15, 0.2) is 18.3 Å². The number of thiophene rings is 1. The predicted molar refractivity (Wildman–Crippen MR) is 64.2 cm³/mol. The minimum absolute atomic E-state index is 0.141. The van der Waals surface area contributed by atoms with Gasteiger partial charge in [0.1, 0.15) is 0 Å². The van der Waals surface area contributed by atoms with Gasteiger partial charge in [-0.15, -0.1) is 11.3 Å². The average Bonchev–Trinajstić information content (AvgIpc) is 2.83. The quantitative estimate of drug-likeness (QED) is 0.888. The second kappa shape index (κ2) is 4.65. The van der Waals surface area contributed by atoms with Gasteiger partial charge in [-0.25, -0.2) is 0 Å². The van der Waals surface area contributed by atoms with Gasteiger partial charge in [0.15, 0.2) is 5.13 Å². The van der Waals surface area contributed by atoms with E-state index >= 15 is 0 Å². The third-order valence-electron chi connectivity index (χ3n) is 2.48. The molecule has 0 unspecified atom stereocenters. The molecule has 0 saturated heterocycles. The molecule has 0 aromatic carbocycles. The Balaban J connectivity index is 2.02. The van der Waals surface area contributed by atoms with E-state index in [1.165, 1.54) is 17.4 Å². The standard InChI is InChI=1S/C11H14FN3S/c1-3-15-8(2)10(7-14-15)13-6-9-4-5-11(12)16-9/h4-5,7,13H,3,6H2,1-2H3. The summed E-state index contributed by atoms with van der Waals surface area (Å²) in [4.78, 5) is 0.987. The summed E-state index contributed by atoms with van der Waals surface area (Å²) in [5, 5.41) is 7.35. The minimum Gasteiger partial charge on any atom is -0.377 e. The van der Waals surface area contributed by atoms with Crippen LogP contribution in [0.4, 0.5) is 10.1 Å². The van der Waals surface area contributed by atoms with E-state index in [9.17, 15) is 4.39 Å². The Morgan fingerprint density at radius 1 is 1.50 bits per heavy atom. The first-order chi connectivity index (χ1) is 7.70. The largest absolute Gasteiger partial charge is 0.377 e. The lowest BCUT2D eigenvalue weighted by atomic mass is 10.3. The Kier molecular flexibility index (Phi) is 3.24. The summed E-state index contributed by atoms with van der Waals surface area (Å²) >= 11 is 1.17. The van der Waals surface area contributed by atoms with Gasteiger partial charge < -0.3 is 5.32 Å². The highest BCUT2D eigenvalue weighted by Crippen LogP contribution is 2.18. The summed E-state index contributed by atoms with van der Waals surface area (Å²) in [6.07, 6.45) is 1.81. The van der Waals surface area contributed by atoms with Gasteiger partial charge in [0.05, 0.1) is 17.6 Å². The summed E-state index contributed by atoms with van der Waals surface area (Å²) in [5.74, 6) is 0. The Morgan fingerprint density at radius 3 is 2.88 bits per heavy atom. The lowest BCUT2D eigenvalue weighted by Gasteiger charge is -2.04. The van der Waals surface area contributed by atoms with E-state index in [1.807, 2.05) is 17.8 Å².